The maximum atomic E-state index is 13.6. The number of primary amides is 1. The fraction of sp³-hybridized carbons (Fsp3) is 0.324. The third-order valence-electron chi connectivity index (χ3n) is 8.51. The molecule has 2 aromatic carbocycles. The zero-order valence-corrected chi connectivity index (χ0v) is 30.2. The number of aromatic nitrogens is 8. The van der Waals surface area contributed by atoms with Crippen LogP contribution in [0.4, 0.5) is 11.9 Å². The number of benzene rings is 2. The monoisotopic (exact) mass is 705 g/mol. The van der Waals surface area contributed by atoms with Crippen LogP contribution in [-0.4, -0.2) is 63.0 Å². The Labute approximate surface area is 300 Å². The number of imidazole rings is 2. The molecule has 0 aliphatic carbocycles. The Bertz CT molecular complexity index is 2340. The van der Waals surface area contributed by atoms with Crippen molar-refractivity contribution in [3.63, 3.8) is 0 Å². The number of anilines is 2. The van der Waals surface area contributed by atoms with Gasteiger partial charge in [-0.1, -0.05) is 19.1 Å². The molecule has 0 bridgehead atoms. The molecule has 6 rings (SSSR count). The standard InChI is InChI=1S/C37H43N11O4/c1-7-16-52-31-18-22(4)17-27-32(31)46(37(40-27)42-35(51)30-20-24(6)44-48(30)9-3)15-11-10-14-45-28-13-12-25(33(38)49)21-26(28)39-36(45)41-34(50)29-19-23(5)43-47(29)8-2/h10-13,17-21H,7-9,14-16H2,1-6H3,(H2,38,49)(H,39,41,50)(H,40,42,51)/b11-10+. The summed E-state index contributed by atoms with van der Waals surface area (Å²) in [6, 6.07) is 12.4. The van der Waals surface area contributed by atoms with E-state index in [0.717, 1.165) is 28.9 Å². The number of allylic oxidation sites excluding steroid dienone is 2. The minimum atomic E-state index is -0.577. The van der Waals surface area contributed by atoms with E-state index in [1.807, 2.05) is 75.0 Å². The van der Waals surface area contributed by atoms with Gasteiger partial charge in [0.1, 0.15) is 22.7 Å². The zero-order valence-electron chi connectivity index (χ0n) is 30.2. The van der Waals surface area contributed by atoms with Crippen LogP contribution in [0.3, 0.4) is 0 Å². The minimum absolute atomic E-state index is 0.294. The molecule has 6 aromatic rings. The summed E-state index contributed by atoms with van der Waals surface area (Å²) in [5.74, 6) is 0.0636. The molecule has 0 saturated heterocycles. The highest BCUT2D eigenvalue weighted by atomic mass is 16.5. The molecule has 4 heterocycles. The lowest BCUT2D eigenvalue weighted by atomic mass is 10.2. The molecule has 0 radical (unpaired) electrons. The van der Waals surface area contributed by atoms with Crippen LogP contribution in [0.5, 0.6) is 5.75 Å². The number of hydrogen-bond acceptors (Lipinski definition) is 8. The second-order valence-corrected chi connectivity index (χ2v) is 12.5. The van der Waals surface area contributed by atoms with Crippen molar-refractivity contribution < 1.29 is 19.1 Å². The number of nitrogens with zero attached hydrogens (tertiary/aromatic N) is 8. The molecule has 15 nitrogen and oxygen atoms in total. The van der Waals surface area contributed by atoms with Gasteiger partial charge in [-0.05, 0) is 89.1 Å². The van der Waals surface area contributed by atoms with Crippen LogP contribution >= 0.6 is 0 Å². The van der Waals surface area contributed by atoms with Gasteiger partial charge in [0, 0.05) is 31.7 Å². The van der Waals surface area contributed by atoms with Gasteiger partial charge in [-0.25, -0.2) is 9.97 Å². The lowest BCUT2D eigenvalue weighted by Crippen LogP contribution is -2.20. The fourth-order valence-corrected chi connectivity index (χ4v) is 6.15. The van der Waals surface area contributed by atoms with Crippen molar-refractivity contribution in [1.82, 2.24) is 38.7 Å². The third-order valence-corrected chi connectivity index (χ3v) is 8.51. The van der Waals surface area contributed by atoms with Crippen LogP contribution in [0.25, 0.3) is 22.1 Å². The molecule has 270 valence electrons. The van der Waals surface area contributed by atoms with Gasteiger partial charge in [-0.2, -0.15) is 10.2 Å². The number of nitrogens with one attached hydrogen (secondary N) is 2. The molecule has 4 N–H and O–H groups in total. The summed E-state index contributed by atoms with van der Waals surface area (Å²) >= 11 is 0. The highest BCUT2D eigenvalue weighted by molar-refractivity contribution is 6.04. The van der Waals surface area contributed by atoms with Crippen molar-refractivity contribution in [3.8, 4) is 5.75 Å². The van der Waals surface area contributed by atoms with Crippen molar-refractivity contribution in [3.05, 3.63) is 88.5 Å². The van der Waals surface area contributed by atoms with Crippen molar-refractivity contribution in [2.45, 2.75) is 74.1 Å². The van der Waals surface area contributed by atoms with Crippen LogP contribution < -0.4 is 21.1 Å². The predicted octanol–water partition coefficient (Wildman–Crippen LogP) is 5.39. The number of aryl methyl sites for hydroxylation is 5. The predicted molar refractivity (Wildman–Crippen MR) is 199 cm³/mol. The first kappa shape index (κ1) is 35.6. The Morgan fingerprint density at radius 2 is 1.35 bits per heavy atom. The second-order valence-electron chi connectivity index (χ2n) is 12.5. The molecular weight excluding hydrogens is 662 g/mol. The molecule has 0 saturated carbocycles. The molecule has 0 fully saturated rings. The van der Waals surface area contributed by atoms with Gasteiger partial charge >= 0.3 is 0 Å². The Balaban J connectivity index is 1.35. The third kappa shape index (κ3) is 7.15. The van der Waals surface area contributed by atoms with Crippen LogP contribution in [0.2, 0.25) is 0 Å². The first-order valence-electron chi connectivity index (χ1n) is 17.3. The quantitative estimate of drug-likeness (QED) is 0.126. The molecule has 0 atom stereocenters. The van der Waals surface area contributed by atoms with E-state index in [0.29, 0.717) is 83.9 Å². The van der Waals surface area contributed by atoms with Crippen LogP contribution in [0, 0.1) is 20.8 Å². The maximum Gasteiger partial charge on any atom is 0.276 e. The molecule has 0 spiro atoms. The molecular formula is C37H43N11O4. The first-order chi connectivity index (χ1) is 25.0. The Morgan fingerprint density at radius 3 is 1.92 bits per heavy atom. The van der Waals surface area contributed by atoms with E-state index in [1.165, 1.54) is 0 Å². The smallest absolute Gasteiger partial charge is 0.276 e. The molecule has 0 aliphatic rings. The molecule has 0 aliphatic heterocycles. The first-order valence-corrected chi connectivity index (χ1v) is 17.3. The van der Waals surface area contributed by atoms with E-state index in [-0.39, 0.29) is 11.8 Å². The van der Waals surface area contributed by atoms with Crippen molar-refractivity contribution >= 4 is 51.7 Å². The van der Waals surface area contributed by atoms with Gasteiger partial charge in [0.05, 0.1) is 34.5 Å². The van der Waals surface area contributed by atoms with Gasteiger partial charge in [-0.3, -0.25) is 34.4 Å². The molecule has 52 heavy (non-hydrogen) atoms. The number of ether oxygens (including phenoxy) is 1. The number of nitrogens with two attached hydrogens (primary N) is 1. The van der Waals surface area contributed by atoms with E-state index in [4.69, 9.17) is 15.5 Å². The van der Waals surface area contributed by atoms with Crippen LogP contribution in [0.1, 0.15) is 75.5 Å². The molecule has 3 amide bonds. The van der Waals surface area contributed by atoms with Gasteiger partial charge in [-0.15, -0.1) is 0 Å². The minimum Gasteiger partial charge on any atom is -0.491 e. The molecule has 4 aromatic heterocycles. The van der Waals surface area contributed by atoms with Gasteiger partial charge in [0.15, 0.2) is 0 Å². The summed E-state index contributed by atoms with van der Waals surface area (Å²) < 4.78 is 13.2. The number of rotatable bonds is 14. The summed E-state index contributed by atoms with van der Waals surface area (Å²) in [5.41, 5.74) is 11.8. The maximum absolute atomic E-state index is 13.6. The number of fused-ring (bicyclic) bond motifs is 2. The van der Waals surface area contributed by atoms with Crippen LogP contribution in [0.15, 0.2) is 54.6 Å². The lowest BCUT2D eigenvalue weighted by Gasteiger charge is -2.12. The largest absolute Gasteiger partial charge is 0.491 e. The van der Waals surface area contributed by atoms with E-state index in [2.05, 4.69) is 25.8 Å². The highest BCUT2D eigenvalue weighted by Gasteiger charge is 2.21. The topological polar surface area (TPSA) is 182 Å². The van der Waals surface area contributed by atoms with Gasteiger partial charge in [0.25, 0.3) is 11.8 Å². The number of carbonyl (C=O) groups excluding carboxylic acids is 3. The summed E-state index contributed by atoms with van der Waals surface area (Å²) in [6.07, 6.45) is 4.71. The van der Waals surface area contributed by atoms with Gasteiger partial charge in [0.2, 0.25) is 17.8 Å². The fourth-order valence-electron chi connectivity index (χ4n) is 6.15. The van der Waals surface area contributed by atoms with E-state index >= 15 is 0 Å². The zero-order chi connectivity index (χ0) is 37.1. The molecule has 15 heteroatoms. The Hall–Kier alpha value is -6.25. The summed E-state index contributed by atoms with van der Waals surface area (Å²) in [5, 5.41) is 14.8. The van der Waals surface area contributed by atoms with Crippen molar-refractivity contribution in [2.24, 2.45) is 5.73 Å². The lowest BCUT2D eigenvalue weighted by molar-refractivity contribution is 0.0995. The summed E-state index contributed by atoms with van der Waals surface area (Å²) in [4.78, 5) is 48.4. The van der Waals surface area contributed by atoms with Gasteiger partial charge < -0.3 is 19.6 Å². The highest BCUT2D eigenvalue weighted by Crippen LogP contribution is 2.31. The Kier molecular flexibility index (Phi) is 10.2. The summed E-state index contributed by atoms with van der Waals surface area (Å²) in [6.45, 7) is 13.8. The van der Waals surface area contributed by atoms with E-state index < -0.39 is 5.91 Å². The SMILES string of the molecule is CCCOc1cc(C)cc2nc(NC(=O)c3cc(C)nn3CC)n(C/C=C/Cn3c(NC(=O)c4cc(C)nn4CC)nc4cc(C(N)=O)ccc43)c12. The van der Waals surface area contributed by atoms with E-state index in [9.17, 15) is 14.4 Å². The van der Waals surface area contributed by atoms with Crippen molar-refractivity contribution in [1.29, 1.82) is 0 Å². The second kappa shape index (κ2) is 14.9. The van der Waals surface area contributed by atoms with E-state index in [1.54, 1.807) is 39.7 Å². The average molecular weight is 706 g/mol. The number of hydrogen-bond donors (Lipinski definition) is 3. The summed E-state index contributed by atoms with van der Waals surface area (Å²) in [7, 11) is 0. The number of carbonyl (C=O) groups is 3. The molecule has 0 unspecified atom stereocenters. The van der Waals surface area contributed by atoms with Crippen LogP contribution in [-0.2, 0) is 26.2 Å². The van der Waals surface area contributed by atoms with Crippen molar-refractivity contribution in [2.75, 3.05) is 17.2 Å². The average Bonchev–Trinajstić information content (AvgIpc) is 3.87. The Morgan fingerprint density at radius 1 is 0.769 bits per heavy atom. The number of amides is 3. The normalized spacial score (nSPS) is 11.6.